The molecule has 0 amide bonds. The summed E-state index contributed by atoms with van der Waals surface area (Å²) < 4.78 is 1.92. The zero-order chi connectivity index (χ0) is 26.8. The monoisotopic (exact) mass is 526 g/mol. The highest BCUT2D eigenvalue weighted by Crippen LogP contribution is 2.39. The van der Waals surface area contributed by atoms with E-state index in [2.05, 4.69) is 76.4 Å². The fraction of sp³-hybridized carbons (Fsp3) is 0.300. The van der Waals surface area contributed by atoms with Crippen LogP contribution in [-0.2, 0) is 6.67 Å². The van der Waals surface area contributed by atoms with Gasteiger partial charge in [0.05, 0.1) is 12.2 Å². The maximum atomic E-state index is 11.3. The molecule has 1 aliphatic rings. The quantitative estimate of drug-likeness (QED) is 0.218. The minimum atomic E-state index is 0.0956. The van der Waals surface area contributed by atoms with Crippen LogP contribution in [0.3, 0.4) is 0 Å². The first kappa shape index (κ1) is 25.9. The summed E-state index contributed by atoms with van der Waals surface area (Å²) in [6, 6.07) is 22.9. The van der Waals surface area contributed by atoms with E-state index in [0.29, 0.717) is 18.4 Å². The van der Waals surface area contributed by atoms with E-state index in [4.69, 9.17) is 12.2 Å². The Kier molecular flexibility index (Phi) is 7.44. The van der Waals surface area contributed by atoms with Gasteiger partial charge in [0.15, 0.2) is 5.69 Å². The van der Waals surface area contributed by atoms with Gasteiger partial charge in [-0.25, -0.2) is 0 Å². The standard InChI is InChI=1S/C30H34N6OS/c1-20-9-7-11-24(17-20)35-16-15-34(18-22(35)3)19-36-27-14-6-5-12-25(27)28(29(36)37)32-33-30(38)31-26-13-8-10-21(2)23(26)4/h5-14,17,22,37H,15-16,18-19H2,1-4H3,(H,31,38)/t22-/m0/s1. The number of benzene rings is 3. The highest BCUT2D eigenvalue weighted by Gasteiger charge is 2.26. The average Bonchev–Trinajstić information content (AvgIpc) is 3.16. The van der Waals surface area contributed by atoms with Gasteiger partial charge in [-0.15, -0.1) is 10.2 Å². The predicted octanol–water partition coefficient (Wildman–Crippen LogP) is 6.92. The lowest BCUT2D eigenvalue weighted by atomic mass is 10.1. The number of fused-ring (bicyclic) bond motifs is 1. The van der Waals surface area contributed by atoms with Gasteiger partial charge >= 0.3 is 0 Å². The van der Waals surface area contributed by atoms with Crippen molar-refractivity contribution in [3.05, 3.63) is 83.4 Å². The molecule has 1 fully saturated rings. The minimum Gasteiger partial charge on any atom is -0.493 e. The Balaban J connectivity index is 1.34. The number of nitrogens with one attached hydrogen (secondary N) is 1. The van der Waals surface area contributed by atoms with Crippen LogP contribution in [-0.4, -0.2) is 45.4 Å². The maximum Gasteiger partial charge on any atom is 0.221 e. The first-order valence-electron chi connectivity index (χ1n) is 13.0. The van der Waals surface area contributed by atoms with Crippen LogP contribution in [0.15, 0.2) is 77.0 Å². The molecular formula is C30H34N6OS. The van der Waals surface area contributed by atoms with Crippen molar-refractivity contribution in [3.8, 4) is 5.88 Å². The molecule has 0 unspecified atom stereocenters. The molecule has 38 heavy (non-hydrogen) atoms. The first-order valence-corrected chi connectivity index (χ1v) is 13.4. The number of para-hydroxylation sites is 1. The second kappa shape index (κ2) is 10.9. The van der Waals surface area contributed by atoms with Crippen molar-refractivity contribution in [2.24, 2.45) is 10.2 Å². The fourth-order valence-electron chi connectivity index (χ4n) is 5.19. The molecule has 5 rings (SSSR count). The third-order valence-corrected chi connectivity index (χ3v) is 7.57. The van der Waals surface area contributed by atoms with Crippen molar-refractivity contribution in [2.45, 2.75) is 40.4 Å². The topological polar surface area (TPSA) is 68.4 Å². The Morgan fingerprint density at radius 3 is 2.61 bits per heavy atom. The van der Waals surface area contributed by atoms with Gasteiger partial charge in [-0.1, -0.05) is 42.5 Å². The molecule has 2 heterocycles. The van der Waals surface area contributed by atoms with Gasteiger partial charge in [0.2, 0.25) is 11.0 Å². The molecule has 0 aliphatic carbocycles. The second-order valence-corrected chi connectivity index (χ2v) is 10.5. The molecule has 0 radical (unpaired) electrons. The number of nitrogens with zero attached hydrogens (tertiary/aromatic N) is 5. The zero-order valence-corrected chi connectivity index (χ0v) is 23.2. The Morgan fingerprint density at radius 2 is 1.82 bits per heavy atom. The van der Waals surface area contributed by atoms with E-state index in [-0.39, 0.29) is 11.0 Å². The van der Waals surface area contributed by atoms with Gasteiger partial charge in [-0.3, -0.25) is 9.47 Å². The van der Waals surface area contributed by atoms with E-state index in [1.54, 1.807) is 0 Å². The summed E-state index contributed by atoms with van der Waals surface area (Å²) in [5.41, 5.74) is 7.06. The smallest absolute Gasteiger partial charge is 0.221 e. The number of anilines is 2. The lowest BCUT2D eigenvalue weighted by molar-refractivity contribution is 0.179. The van der Waals surface area contributed by atoms with Crippen molar-refractivity contribution < 1.29 is 5.11 Å². The normalized spacial score (nSPS) is 16.4. The van der Waals surface area contributed by atoms with Crippen molar-refractivity contribution >= 4 is 45.3 Å². The lowest BCUT2D eigenvalue weighted by Crippen LogP contribution is -2.52. The van der Waals surface area contributed by atoms with E-state index in [0.717, 1.165) is 41.8 Å². The zero-order valence-electron chi connectivity index (χ0n) is 22.3. The van der Waals surface area contributed by atoms with E-state index >= 15 is 0 Å². The summed E-state index contributed by atoms with van der Waals surface area (Å²) >= 11 is 5.44. The highest BCUT2D eigenvalue weighted by atomic mass is 32.1. The summed E-state index contributed by atoms with van der Waals surface area (Å²) in [6.07, 6.45) is 0. The third-order valence-electron chi connectivity index (χ3n) is 7.39. The molecule has 196 valence electrons. The number of thiocarbonyl (C=S) groups is 1. The van der Waals surface area contributed by atoms with Gasteiger partial charge < -0.3 is 15.3 Å². The summed E-state index contributed by atoms with van der Waals surface area (Å²) in [5.74, 6) is 0.0956. The Morgan fingerprint density at radius 1 is 1.03 bits per heavy atom. The number of hydrogen-bond acceptors (Lipinski definition) is 5. The average molecular weight is 527 g/mol. The second-order valence-electron chi connectivity index (χ2n) is 10.1. The van der Waals surface area contributed by atoms with Crippen molar-refractivity contribution in [1.29, 1.82) is 0 Å². The van der Waals surface area contributed by atoms with E-state index < -0.39 is 0 Å². The molecule has 0 saturated carbocycles. The Labute approximate surface area is 229 Å². The van der Waals surface area contributed by atoms with Crippen LogP contribution in [0.25, 0.3) is 10.9 Å². The van der Waals surface area contributed by atoms with Gasteiger partial charge in [0.1, 0.15) is 0 Å². The van der Waals surface area contributed by atoms with Crippen LogP contribution in [0.2, 0.25) is 0 Å². The number of rotatable bonds is 5. The number of azo groups is 1. The van der Waals surface area contributed by atoms with Gasteiger partial charge in [-0.2, -0.15) is 0 Å². The van der Waals surface area contributed by atoms with Crippen molar-refractivity contribution in [2.75, 3.05) is 29.9 Å². The molecule has 7 nitrogen and oxygen atoms in total. The van der Waals surface area contributed by atoms with E-state index in [9.17, 15) is 5.11 Å². The van der Waals surface area contributed by atoms with Crippen molar-refractivity contribution in [3.63, 3.8) is 0 Å². The summed E-state index contributed by atoms with van der Waals surface area (Å²) in [6.45, 7) is 11.8. The molecule has 1 aromatic heterocycles. The molecule has 0 spiro atoms. The molecule has 8 heteroatoms. The SMILES string of the molecule is Cc1cccc(N2CCN(Cn3c(O)c(N=NC(=S)Nc4cccc(C)c4C)c4ccccc43)C[C@@H]2C)c1. The fourth-order valence-corrected chi connectivity index (χ4v) is 5.34. The predicted molar refractivity (Wildman–Crippen MR) is 160 cm³/mol. The summed E-state index contributed by atoms with van der Waals surface area (Å²) in [7, 11) is 0. The van der Waals surface area contributed by atoms with Crippen LogP contribution in [0.1, 0.15) is 23.6 Å². The minimum absolute atomic E-state index is 0.0956. The van der Waals surface area contributed by atoms with Crippen LogP contribution in [0.4, 0.5) is 17.1 Å². The van der Waals surface area contributed by atoms with Crippen LogP contribution < -0.4 is 10.2 Å². The maximum absolute atomic E-state index is 11.3. The molecule has 2 N–H and O–H groups in total. The van der Waals surface area contributed by atoms with Crippen LogP contribution in [0, 0.1) is 20.8 Å². The number of aromatic nitrogens is 1. The Bertz CT molecular complexity index is 1510. The van der Waals surface area contributed by atoms with Crippen molar-refractivity contribution in [1.82, 2.24) is 9.47 Å². The largest absolute Gasteiger partial charge is 0.493 e. The molecule has 1 atom stereocenters. The number of aryl methyl sites for hydroxylation is 2. The summed E-state index contributed by atoms with van der Waals surface area (Å²) in [4.78, 5) is 4.83. The van der Waals surface area contributed by atoms with Gasteiger partial charge in [-0.05, 0) is 80.9 Å². The number of aromatic hydroxyl groups is 1. The first-order chi connectivity index (χ1) is 18.3. The van der Waals surface area contributed by atoms with Crippen LogP contribution in [0.5, 0.6) is 5.88 Å². The molecular weight excluding hydrogens is 492 g/mol. The van der Waals surface area contributed by atoms with E-state index in [1.165, 1.54) is 16.8 Å². The lowest BCUT2D eigenvalue weighted by Gasteiger charge is -2.41. The van der Waals surface area contributed by atoms with Gasteiger partial charge in [0.25, 0.3) is 0 Å². The van der Waals surface area contributed by atoms with Gasteiger partial charge in [0, 0.05) is 42.4 Å². The number of hydrogen-bond donors (Lipinski definition) is 2. The van der Waals surface area contributed by atoms with Crippen LogP contribution >= 0.6 is 12.2 Å². The third kappa shape index (κ3) is 5.28. The highest BCUT2D eigenvalue weighted by molar-refractivity contribution is 7.80. The molecule has 1 aliphatic heterocycles. The number of piperazine rings is 1. The molecule has 0 bridgehead atoms. The Hall–Kier alpha value is -3.75. The summed E-state index contributed by atoms with van der Waals surface area (Å²) in [5, 5.41) is 24.1. The molecule has 4 aromatic rings. The molecule has 1 saturated heterocycles. The molecule has 3 aromatic carbocycles. The van der Waals surface area contributed by atoms with E-state index in [1.807, 2.05) is 47.9 Å².